The molecule has 0 bridgehead atoms. The lowest BCUT2D eigenvalue weighted by atomic mass is 10.1. The minimum Gasteiger partial charge on any atom is -0.338 e. The van der Waals surface area contributed by atoms with E-state index in [2.05, 4.69) is 10.6 Å². The lowest BCUT2D eigenvalue weighted by Crippen LogP contribution is -2.30. The summed E-state index contributed by atoms with van der Waals surface area (Å²) in [5.41, 5.74) is 4.00. The Kier molecular flexibility index (Phi) is 4.93. The fourth-order valence-corrected chi connectivity index (χ4v) is 2.02. The molecule has 0 aliphatic heterocycles. The van der Waals surface area contributed by atoms with Gasteiger partial charge < -0.3 is 10.6 Å². The van der Waals surface area contributed by atoms with E-state index >= 15 is 0 Å². The molecular weight excluding hydrogens is 267 g/mol. The fourth-order valence-electron chi connectivity index (χ4n) is 2.02. The smallest absolute Gasteiger partial charge is 0.319 e. The van der Waals surface area contributed by atoms with E-state index in [1.807, 2.05) is 32.0 Å². The molecule has 2 aromatic rings. The van der Waals surface area contributed by atoms with Crippen LogP contribution in [0.5, 0.6) is 0 Å². The van der Waals surface area contributed by atoms with Gasteiger partial charge in [0.2, 0.25) is 0 Å². The standard InChI is InChI=1S/C17H19FN2O/c1-12-4-3-5-16(13(12)2)20-17(21)19-11-10-14-6-8-15(18)9-7-14/h3-9H,10-11H2,1-2H3,(H2,19,20,21). The lowest BCUT2D eigenvalue weighted by molar-refractivity contribution is 0.252. The summed E-state index contributed by atoms with van der Waals surface area (Å²) >= 11 is 0. The van der Waals surface area contributed by atoms with Crippen LogP contribution in [-0.4, -0.2) is 12.6 Å². The summed E-state index contributed by atoms with van der Waals surface area (Å²) in [4.78, 5) is 11.8. The van der Waals surface area contributed by atoms with E-state index in [0.29, 0.717) is 13.0 Å². The molecule has 0 saturated carbocycles. The van der Waals surface area contributed by atoms with Crippen LogP contribution >= 0.6 is 0 Å². The minimum atomic E-state index is -0.251. The van der Waals surface area contributed by atoms with Crippen molar-refractivity contribution in [1.29, 1.82) is 0 Å². The van der Waals surface area contributed by atoms with Crippen LogP contribution in [0.2, 0.25) is 0 Å². The lowest BCUT2D eigenvalue weighted by Gasteiger charge is -2.11. The average molecular weight is 286 g/mol. The Labute approximate surface area is 124 Å². The second-order valence-electron chi connectivity index (χ2n) is 5.00. The van der Waals surface area contributed by atoms with E-state index < -0.39 is 0 Å². The minimum absolute atomic E-state index is 0.231. The van der Waals surface area contributed by atoms with Gasteiger partial charge >= 0.3 is 6.03 Å². The van der Waals surface area contributed by atoms with E-state index in [4.69, 9.17) is 0 Å². The molecule has 0 aliphatic rings. The van der Waals surface area contributed by atoms with Gasteiger partial charge in [0, 0.05) is 12.2 Å². The van der Waals surface area contributed by atoms with E-state index in [1.54, 1.807) is 12.1 Å². The zero-order chi connectivity index (χ0) is 15.2. The van der Waals surface area contributed by atoms with Crippen molar-refractivity contribution in [2.24, 2.45) is 0 Å². The van der Waals surface area contributed by atoms with Gasteiger partial charge in [0.25, 0.3) is 0 Å². The number of rotatable bonds is 4. The van der Waals surface area contributed by atoms with Gasteiger partial charge in [0.1, 0.15) is 5.82 Å². The van der Waals surface area contributed by atoms with Gasteiger partial charge in [0.05, 0.1) is 0 Å². The van der Waals surface area contributed by atoms with Gasteiger partial charge in [0.15, 0.2) is 0 Å². The maximum absolute atomic E-state index is 12.8. The highest BCUT2D eigenvalue weighted by atomic mass is 19.1. The third kappa shape index (κ3) is 4.31. The first-order chi connectivity index (χ1) is 10.1. The molecule has 2 amide bonds. The number of aryl methyl sites for hydroxylation is 1. The fraction of sp³-hybridized carbons (Fsp3) is 0.235. The number of urea groups is 1. The number of halogens is 1. The summed E-state index contributed by atoms with van der Waals surface area (Å²) in [5.74, 6) is -0.251. The Balaban J connectivity index is 1.82. The van der Waals surface area contributed by atoms with Gasteiger partial charge in [-0.25, -0.2) is 9.18 Å². The Morgan fingerprint density at radius 1 is 1.10 bits per heavy atom. The van der Waals surface area contributed by atoms with Gasteiger partial charge in [-0.05, 0) is 55.2 Å². The van der Waals surface area contributed by atoms with Crippen LogP contribution < -0.4 is 10.6 Å². The summed E-state index contributed by atoms with van der Waals surface area (Å²) in [6, 6.07) is 11.9. The topological polar surface area (TPSA) is 41.1 Å². The van der Waals surface area contributed by atoms with Crippen molar-refractivity contribution >= 4 is 11.7 Å². The van der Waals surface area contributed by atoms with Crippen LogP contribution in [0.3, 0.4) is 0 Å². The number of anilines is 1. The Morgan fingerprint density at radius 3 is 2.52 bits per heavy atom. The number of hydrogen-bond donors (Lipinski definition) is 2. The first-order valence-corrected chi connectivity index (χ1v) is 6.92. The molecule has 0 spiro atoms. The highest BCUT2D eigenvalue weighted by molar-refractivity contribution is 5.90. The number of carbonyl (C=O) groups is 1. The molecule has 2 rings (SSSR count). The summed E-state index contributed by atoms with van der Waals surface area (Å²) in [7, 11) is 0. The van der Waals surface area contributed by atoms with Crippen LogP contribution in [-0.2, 0) is 6.42 Å². The zero-order valence-electron chi connectivity index (χ0n) is 12.2. The van der Waals surface area contributed by atoms with Crippen molar-refractivity contribution in [2.75, 3.05) is 11.9 Å². The molecule has 0 saturated heterocycles. The van der Waals surface area contributed by atoms with Crippen LogP contribution in [0.15, 0.2) is 42.5 Å². The van der Waals surface area contributed by atoms with Crippen LogP contribution in [0.4, 0.5) is 14.9 Å². The number of benzene rings is 2. The molecule has 0 aliphatic carbocycles. The summed E-state index contributed by atoms with van der Waals surface area (Å²) < 4.78 is 12.8. The van der Waals surface area contributed by atoms with Gasteiger partial charge in [-0.3, -0.25) is 0 Å². The Bertz CT molecular complexity index is 623. The molecule has 0 fully saturated rings. The van der Waals surface area contributed by atoms with Crippen molar-refractivity contribution in [3.8, 4) is 0 Å². The first kappa shape index (κ1) is 15.0. The molecule has 0 unspecified atom stereocenters. The molecule has 0 aromatic heterocycles. The molecule has 0 radical (unpaired) electrons. The second-order valence-corrected chi connectivity index (χ2v) is 5.00. The third-order valence-corrected chi connectivity index (χ3v) is 3.47. The van der Waals surface area contributed by atoms with Crippen molar-refractivity contribution in [3.05, 3.63) is 65.0 Å². The molecule has 2 aromatic carbocycles. The Hall–Kier alpha value is -2.36. The molecule has 110 valence electrons. The van der Waals surface area contributed by atoms with Crippen molar-refractivity contribution in [3.63, 3.8) is 0 Å². The number of carbonyl (C=O) groups excluding carboxylic acids is 1. The quantitative estimate of drug-likeness (QED) is 0.881. The number of hydrogen-bond acceptors (Lipinski definition) is 1. The number of amides is 2. The van der Waals surface area contributed by atoms with Crippen LogP contribution in [0, 0.1) is 19.7 Å². The highest BCUT2D eigenvalue weighted by Crippen LogP contribution is 2.17. The molecule has 3 nitrogen and oxygen atoms in total. The monoisotopic (exact) mass is 286 g/mol. The highest BCUT2D eigenvalue weighted by Gasteiger charge is 2.05. The van der Waals surface area contributed by atoms with E-state index in [0.717, 1.165) is 22.4 Å². The molecule has 4 heteroatoms. The predicted octanol–water partition coefficient (Wildman–Crippen LogP) is 3.81. The van der Waals surface area contributed by atoms with Gasteiger partial charge in [-0.2, -0.15) is 0 Å². The SMILES string of the molecule is Cc1cccc(NC(=O)NCCc2ccc(F)cc2)c1C. The van der Waals surface area contributed by atoms with E-state index in [1.165, 1.54) is 12.1 Å². The van der Waals surface area contributed by atoms with Gasteiger partial charge in [-0.15, -0.1) is 0 Å². The van der Waals surface area contributed by atoms with Crippen molar-refractivity contribution < 1.29 is 9.18 Å². The normalized spacial score (nSPS) is 10.2. The molecular formula is C17H19FN2O. The summed E-state index contributed by atoms with van der Waals surface area (Å²) in [6.07, 6.45) is 0.667. The first-order valence-electron chi connectivity index (χ1n) is 6.92. The molecule has 0 heterocycles. The van der Waals surface area contributed by atoms with E-state index in [9.17, 15) is 9.18 Å². The maximum atomic E-state index is 12.8. The van der Waals surface area contributed by atoms with E-state index in [-0.39, 0.29) is 11.8 Å². The molecule has 0 atom stereocenters. The predicted molar refractivity (Wildman–Crippen MR) is 83.0 cm³/mol. The molecule has 2 N–H and O–H groups in total. The summed E-state index contributed by atoms with van der Waals surface area (Å²) in [6.45, 7) is 4.48. The maximum Gasteiger partial charge on any atom is 0.319 e. The van der Waals surface area contributed by atoms with Gasteiger partial charge in [-0.1, -0.05) is 24.3 Å². The number of nitrogens with one attached hydrogen (secondary N) is 2. The molecule has 21 heavy (non-hydrogen) atoms. The summed E-state index contributed by atoms with van der Waals surface area (Å²) in [5, 5.41) is 5.63. The zero-order valence-corrected chi connectivity index (χ0v) is 12.2. The largest absolute Gasteiger partial charge is 0.338 e. The average Bonchev–Trinajstić information content (AvgIpc) is 2.46. The second kappa shape index (κ2) is 6.88. The van der Waals surface area contributed by atoms with Crippen LogP contribution in [0.1, 0.15) is 16.7 Å². The Morgan fingerprint density at radius 2 is 1.81 bits per heavy atom. The van der Waals surface area contributed by atoms with Crippen molar-refractivity contribution in [1.82, 2.24) is 5.32 Å². The van der Waals surface area contributed by atoms with Crippen LogP contribution in [0.25, 0.3) is 0 Å². The van der Waals surface area contributed by atoms with Crippen molar-refractivity contribution in [2.45, 2.75) is 20.3 Å². The third-order valence-electron chi connectivity index (χ3n) is 3.47.